The van der Waals surface area contributed by atoms with Crippen molar-refractivity contribution in [2.45, 2.75) is 26.7 Å². The number of para-hydroxylation sites is 2. The van der Waals surface area contributed by atoms with Crippen molar-refractivity contribution >= 4 is 11.8 Å². The number of benzene rings is 2. The molecule has 0 saturated carbocycles. The lowest BCUT2D eigenvalue weighted by atomic mass is 10.1. The number of hydrogen-bond donors (Lipinski definition) is 0. The van der Waals surface area contributed by atoms with E-state index in [1.165, 1.54) is 0 Å². The molecule has 30 heavy (non-hydrogen) atoms. The van der Waals surface area contributed by atoms with Crippen molar-refractivity contribution in [1.29, 1.82) is 0 Å². The summed E-state index contributed by atoms with van der Waals surface area (Å²) in [4.78, 5) is 28.5. The summed E-state index contributed by atoms with van der Waals surface area (Å²) in [6, 6.07) is 15.5. The molecule has 0 aromatic heterocycles. The molecule has 6 nitrogen and oxygen atoms in total. The highest BCUT2D eigenvalue weighted by atomic mass is 16.5. The molecule has 0 aliphatic carbocycles. The van der Waals surface area contributed by atoms with E-state index in [2.05, 4.69) is 13.8 Å². The lowest BCUT2D eigenvalue weighted by molar-refractivity contribution is -0.141. The average Bonchev–Trinajstić information content (AvgIpc) is 2.81. The molecule has 0 N–H and O–H groups in total. The van der Waals surface area contributed by atoms with E-state index in [1.54, 1.807) is 9.80 Å². The van der Waals surface area contributed by atoms with Crippen LogP contribution in [0.15, 0.2) is 48.5 Å². The number of hydrogen-bond acceptors (Lipinski definition) is 4. The van der Waals surface area contributed by atoms with Crippen LogP contribution in [0.1, 0.15) is 25.0 Å². The summed E-state index contributed by atoms with van der Waals surface area (Å²) in [6.07, 6.45) is 1.71. The van der Waals surface area contributed by atoms with Crippen LogP contribution in [0, 0.1) is 0 Å². The minimum absolute atomic E-state index is 0.0157. The van der Waals surface area contributed by atoms with Crippen molar-refractivity contribution in [2.75, 3.05) is 39.4 Å². The fraction of sp³-hybridized carbons (Fsp3) is 0.417. The first-order valence-corrected chi connectivity index (χ1v) is 10.6. The predicted octanol–water partition coefficient (Wildman–Crippen LogP) is 2.94. The first-order chi connectivity index (χ1) is 14.6. The summed E-state index contributed by atoms with van der Waals surface area (Å²) in [6.45, 7) is 6.19. The second-order valence-corrected chi connectivity index (χ2v) is 7.26. The Kier molecular flexibility index (Phi) is 7.71. The van der Waals surface area contributed by atoms with Crippen LogP contribution in [0.25, 0.3) is 0 Å². The Bertz CT molecular complexity index is 788. The first-order valence-electron chi connectivity index (χ1n) is 10.6. The zero-order chi connectivity index (χ0) is 21.3. The molecule has 0 atom stereocenters. The summed E-state index contributed by atoms with van der Waals surface area (Å²) in [5, 5.41) is 0. The zero-order valence-electron chi connectivity index (χ0n) is 17.8. The number of rotatable bonds is 8. The van der Waals surface area contributed by atoms with E-state index in [1.807, 2.05) is 48.5 Å². The maximum Gasteiger partial charge on any atom is 0.260 e. The summed E-state index contributed by atoms with van der Waals surface area (Å²) < 4.78 is 11.5. The standard InChI is InChI=1S/C24H30N2O4/c1-3-19-9-5-7-11-21(19)29-17-23(27)25-13-15-26(16-14-25)24(28)18-30-22-12-8-6-10-20(22)4-2/h5-12H,3-4,13-18H2,1-2H3. The van der Waals surface area contributed by atoms with E-state index in [0.717, 1.165) is 35.5 Å². The van der Waals surface area contributed by atoms with E-state index < -0.39 is 0 Å². The molecule has 0 radical (unpaired) electrons. The van der Waals surface area contributed by atoms with Gasteiger partial charge in [0.1, 0.15) is 11.5 Å². The maximum absolute atomic E-state index is 12.5. The van der Waals surface area contributed by atoms with Crippen LogP contribution in [0.2, 0.25) is 0 Å². The molecule has 3 rings (SSSR count). The molecule has 2 amide bonds. The Hall–Kier alpha value is -3.02. The van der Waals surface area contributed by atoms with Gasteiger partial charge in [0.15, 0.2) is 13.2 Å². The molecule has 1 heterocycles. The fourth-order valence-corrected chi connectivity index (χ4v) is 3.54. The second kappa shape index (κ2) is 10.7. The van der Waals surface area contributed by atoms with Crippen molar-refractivity contribution in [3.8, 4) is 11.5 Å². The van der Waals surface area contributed by atoms with Gasteiger partial charge in [0, 0.05) is 26.2 Å². The van der Waals surface area contributed by atoms with Crippen molar-refractivity contribution in [1.82, 2.24) is 9.80 Å². The van der Waals surface area contributed by atoms with Crippen LogP contribution in [0.4, 0.5) is 0 Å². The highest BCUT2D eigenvalue weighted by Gasteiger charge is 2.24. The van der Waals surface area contributed by atoms with Gasteiger partial charge in [0.2, 0.25) is 0 Å². The highest BCUT2D eigenvalue weighted by Crippen LogP contribution is 2.19. The molecule has 2 aromatic rings. The molecule has 2 aromatic carbocycles. The van der Waals surface area contributed by atoms with Gasteiger partial charge in [0.25, 0.3) is 11.8 Å². The number of ether oxygens (including phenoxy) is 2. The smallest absolute Gasteiger partial charge is 0.260 e. The molecule has 0 spiro atoms. The quantitative estimate of drug-likeness (QED) is 0.671. The minimum Gasteiger partial charge on any atom is -0.483 e. The third-order valence-corrected chi connectivity index (χ3v) is 5.39. The summed E-state index contributed by atoms with van der Waals surface area (Å²) in [7, 11) is 0. The summed E-state index contributed by atoms with van der Waals surface area (Å²) >= 11 is 0. The van der Waals surface area contributed by atoms with Crippen LogP contribution in [0.5, 0.6) is 11.5 Å². The van der Waals surface area contributed by atoms with Gasteiger partial charge in [-0.3, -0.25) is 9.59 Å². The summed E-state index contributed by atoms with van der Waals surface area (Å²) in [5.41, 5.74) is 2.18. The second-order valence-electron chi connectivity index (χ2n) is 7.26. The minimum atomic E-state index is -0.0545. The Morgan fingerprint density at radius 3 is 1.43 bits per heavy atom. The number of nitrogens with zero attached hydrogens (tertiary/aromatic N) is 2. The van der Waals surface area contributed by atoms with Crippen LogP contribution in [0.3, 0.4) is 0 Å². The largest absolute Gasteiger partial charge is 0.483 e. The molecule has 0 unspecified atom stereocenters. The SMILES string of the molecule is CCc1ccccc1OCC(=O)N1CCN(C(=O)COc2ccccc2CC)CC1. The molecule has 1 fully saturated rings. The Balaban J connectivity index is 1.43. The number of carbonyl (C=O) groups is 2. The van der Waals surface area contributed by atoms with Gasteiger partial charge in [0.05, 0.1) is 0 Å². The zero-order valence-corrected chi connectivity index (χ0v) is 17.8. The highest BCUT2D eigenvalue weighted by molar-refractivity contribution is 5.80. The van der Waals surface area contributed by atoms with Crippen LogP contribution in [-0.4, -0.2) is 61.0 Å². The van der Waals surface area contributed by atoms with Gasteiger partial charge < -0.3 is 19.3 Å². The third kappa shape index (κ3) is 5.53. The molecule has 1 aliphatic rings. The Morgan fingerprint density at radius 2 is 1.07 bits per heavy atom. The van der Waals surface area contributed by atoms with Crippen LogP contribution >= 0.6 is 0 Å². The number of carbonyl (C=O) groups excluding carboxylic acids is 2. The number of piperazine rings is 1. The van der Waals surface area contributed by atoms with Crippen molar-refractivity contribution in [2.24, 2.45) is 0 Å². The van der Waals surface area contributed by atoms with Gasteiger partial charge in [-0.05, 0) is 36.1 Å². The molecule has 1 saturated heterocycles. The summed E-state index contributed by atoms with van der Waals surface area (Å²) in [5.74, 6) is 1.40. The molecular weight excluding hydrogens is 380 g/mol. The fourth-order valence-electron chi connectivity index (χ4n) is 3.54. The Morgan fingerprint density at radius 1 is 0.700 bits per heavy atom. The van der Waals surface area contributed by atoms with E-state index in [9.17, 15) is 9.59 Å². The average molecular weight is 411 g/mol. The predicted molar refractivity (Wildman–Crippen MR) is 116 cm³/mol. The Labute approximate surface area is 178 Å². The lowest BCUT2D eigenvalue weighted by Gasteiger charge is -2.34. The normalized spacial score (nSPS) is 13.8. The number of amides is 2. The van der Waals surface area contributed by atoms with Crippen LogP contribution < -0.4 is 9.47 Å². The first kappa shape index (κ1) is 21.7. The molecule has 6 heteroatoms. The maximum atomic E-state index is 12.5. The number of aryl methyl sites for hydroxylation is 2. The van der Waals surface area contributed by atoms with Gasteiger partial charge in [-0.25, -0.2) is 0 Å². The van der Waals surface area contributed by atoms with E-state index in [4.69, 9.17) is 9.47 Å². The van der Waals surface area contributed by atoms with Gasteiger partial charge in [-0.15, -0.1) is 0 Å². The van der Waals surface area contributed by atoms with Crippen molar-refractivity contribution < 1.29 is 19.1 Å². The van der Waals surface area contributed by atoms with Crippen molar-refractivity contribution in [3.05, 3.63) is 59.7 Å². The monoisotopic (exact) mass is 410 g/mol. The third-order valence-electron chi connectivity index (χ3n) is 5.39. The molecule has 1 aliphatic heterocycles. The topological polar surface area (TPSA) is 59.1 Å². The molecular formula is C24H30N2O4. The van der Waals surface area contributed by atoms with Crippen LogP contribution in [-0.2, 0) is 22.4 Å². The van der Waals surface area contributed by atoms with E-state index in [-0.39, 0.29) is 25.0 Å². The van der Waals surface area contributed by atoms with E-state index >= 15 is 0 Å². The lowest BCUT2D eigenvalue weighted by Crippen LogP contribution is -2.52. The van der Waals surface area contributed by atoms with Gasteiger partial charge >= 0.3 is 0 Å². The molecule has 0 bridgehead atoms. The van der Waals surface area contributed by atoms with Gasteiger partial charge in [-0.2, -0.15) is 0 Å². The van der Waals surface area contributed by atoms with E-state index in [0.29, 0.717) is 26.2 Å². The molecule has 160 valence electrons. The van der Waals surface area contributed by atoms with Crippen molar-refractivity contribution in [3.63, 3.8) is 0 Å². The van der Waals surface area contributed by atoms with Gasteiger partial charge in [-0.1, -0.05) is 50.2 Å².